The molecule has 0 spiro atoms. The number of hydrogen-bond donors (Lipinski definition) is 1. The molecule has 44 heavy (non-hydrogen) atoms. The maximum atomic E-state index is 14.9. The third-order valence-corrected chi connectivity index (χ3v) is 9.05. The fourth-order valence-electron chi connectivity index (χ4n) is 5.61. The quantitative estimate of drug-likeness (QED) is 0.242. The third kappa shape index (κ3) is 9.29. The van der Waals surface area contributed by atoms with E-state index in [9.17, 15) is 22.4 Å². The summed E-state index contributed by atoms with van der Waals surface area (Å²) in [4.78, 5) is 29.2. The molecular weight excluding hydrogens is 581 g/mol. The lowest BCUT2D eigenvalue weighted by Gasteiger charge is -2.33. The van der Waals surface area contributed by atoms with Crippen LogP contribution >= 0.6 is 0 Å². The van der Waals surface area contributed by atoms with Crippen molar-refractivity contribution in [2.75, 3.05) is 23.7 Å². The molecule has 2 amide bonds. The van der Waals surface area contributed by atoms with E-state index in [1.807, 2.05) is 37.3 Å². The number of anilines is 1. The minimum absolute atomic E-state index is 0.0283. The molecule has 0 heterocycles. The van der Waals surface area contributed by atoms with Crippen LogP contribution in [0.4, 0.5) is 10.1 Å². The topological polar surface area (TPSA) is 96.0 Å². The second-order valence-corrected chi connectivity index (χ2v) is 13.1. The fraction of sp³-hybridized carbons (Fsp3) is 0.412. The van der Waals surface area contributed by atoms with Crippen LogP contribution in [0.5, 0.6) is 5.75 Å². The van der Waals surface area contributed by atoms with E-state index in [2.05, 4.69) is 5.32 Å². The Labute approximate surface area is 260 Å². The Bertz CT molecular complexity index is 1480. The number of carbonyl (C=O) groups excluding carboxylic acids is 2. The van der Waals surface area contributed by atoms with Crippen molar-refractivity contribution in [2.24, 2.45) is 0 Å². The number of amides is 2. The van der Waals surface area contributed by atoms with Crippen LogP contribution in [0.15, 0.2) is 78.9 Å². The SMILES string of the molecule is CCOc1ccc(N(CCCC(=O)N(Cc2ccccc2F)[C@H](Cc2ccccc2)C(=O)NC2CCCC2)S(C)(=O)=O)cc1. The summed E-state index contributed by atoms with van der Waals surface area (Å²) < 4.78 is 47.0. The molecule has 1 aliphatic rings. The first-order valence-electron chi connectivity index (χ1n) is 15.2. The van der Waals surface area contributed by atoms with E-state index in [0.29, 0.717) is 23.6 Å². The predicted octanol–water partition coefficient (Wildman–Crippen LogP) is 5.47. The van der Waals surface area contributed by atoms with Crippen molar-refractivity contribution in [3.05, 3.63) is 95.8 Å². The summed E-state index contributed by atoms with van der Waals surface area (Å²) in [5.41, 5.74) is 1.65. The highest BCUT2D eigenvalue weighted by molar-refractivity contribution is 7.92. The zero-order valence-corrected chi connectivity index (χ0v) is 26.3. The van der Waals surface area contributed by atoms with Gasteiger partial charge in [0, 0.05) is 37.5 Å². The number of ether oxygens (including phenoxy) is 1. The molecule has 1 saturated carbocycles. The Morgan fingerprint density at radius 2 is 1.64 bits per heavy atom. The van der Waals surface area contributed by atoms with Crippen molar-refractivity contribution in [3.63, 3.8) is 0 Å². The minimum Gasteiger partial charge on any atom is -0.494 e. The van der Waals surface area contributed by atoms with Gasteiger partial charge in [-0.3, -0.25) is 13.9 Å². The summed E-state index contributed by atoms with van der Waals surface area (Å²) in [5, 5.41) is 3.14. The van der Waals surface area contributed by atoms with Crippen molar-refractivity contribution in [1.82, 2.24) is 10.2 Å². The van der Waals surface area contributed by atoms with Crippen molar-refractivity contribution >= 4 is 27.5 Å². The fourth-order valence-corrected chi connectivity index (χ4v) is 6.58. The molecule has 1 fully saturated rings. The molecule has 1 N–H and O–H groups in total. The number of sulfonamides is 1. The molecule has 0 radical (unpaired) electrons. The van der Waals surface area contributed by atoms with Gasteiger partial charge in [0.05, 0.1) is 18.6 Å². The summed E-state index contributed by atoms with van der Waals surface area (Å²) in [6.07, 6.45) is 5.42. The second kappa shape index (κ2) is 15.7. The standard InChI is InChI=1S/C34H42FN3O5S/c1-3-43-30-21-19-29(20-22-30)38(44(2,41)42)23-11-18-33(39)37(25-27-14-7-10-17-31(27)35)32(24-26-12-5-4-6-13-26)34(40)36-28-15-8-9-16-28/h4-7,10,12-14,17,19-22,28,32H,3,8-9,11,15-16,18,23-25H2,1-2H3,(H,36,40)/t32-/m1/s1. The summed E-state index contributed by atoms with van der Waals surface area (Å²) in [6, 6.07) is 21.6. The number of rotatable bonds is 15. The lowest BCUT2D eigenvalue weighted by molar-refractivity contribution is -0.141. The largest absolute Gasteiger partial charge is 0.494 e. The number of benzene rings is 3. The van der Waals surface area contributed by atoms with Gasteiger partial charge in [-0.1, -0.05) is 61.4 Å². The zero-order valence-electron chi connectivity index (χ0n) is 25.5. The van der Waals surface area contributed by atoms with Crippen LogP contribution < -0.4 is 14.4 Å². The van der Waals surface area contributed by atoms with Crippen LogP contribution in [-0.4, -0.2) is 56.6 Å². The smallest absolute Gasteiger partial charge is 0.243 e. The zero-order chi connectivity index (χ0) is 31.5. The van der Waals surface area contributed by atoms with Gasteiger partial charge < -0.3 is 15.0 Å². The van der Waals surface area contributed by atoms with Crippen LogP contribution in [0.25, 0.3) is 0 Å². The van der Waals surface area contributed by atoms with Gasteiger partial charge in [-0.05, 0) is 62.1 Å². The number of carbonyl (C=O) groups is 2. The Morgan fingerprint density at radius 3 is 2.27 bits per heavy atom. The molecule has 0 aromatic heterocycles. The second-order valence-electron chi connectivity index (χ2n) is 11.2. The Morgan fingerprint density at radius 1 is 0.977 bits per heavy atom. The number of nitrogens with one attached hydrogen (secondary N) is 1. The maximum absolute atomic E-state index is 14.9. The lowest BCUT2D eigenvalue weighted by atomic mass is 10.0. The molecule has 0 saturated heterocycles. The first-order chi connectivity index (χ1) is 21.2. The van der Waals surface area contributed by atoms with E-state index in [1.165, 1.54) is 15.3 Å². The molecule has 3 aromatic rings. The van der Waals surface area contributed by atoms with E-state index in [4.69, 9.17) is 4.74 Å². The van der Waals surface area contributed by atoms with Crippen molar-refractivity contribution in [1.29, 1.82) is 0 Å². The average molecular weight is 624 g/mol. The van der Waals surface area contributed by atoms with Gasteiger partial charge in [0.25, 0.3) is 0 Å². The first kappa shape index (κ1) is 33.0. The van der Waals surface area contributed by atoms with E-state index in [-0.39, 0.29) is 50.2 Å². The molecule has 0 aliphatic heterocycles. The molecular formula is C34H42FN3O5S. The Kier molecular flexibility index (Phi) is 11.8. The van der Waals surface area contributed by atoms with Crippen molar-refractivity contribution < 1.29 is 27.1 Å². The third-order valence-electron chi connectivity index (χ3n) is 7.86. The molecule has 4 rings (SSSR count). The molecule has 1 atom stereocenters. The lowest BCUT2D eigenvalue weighted by Crippen LogP contribution is -2.52. The van der Waals surface area contributed by atoms with Crippen LogP contribution in [-0.2, 0) is 32.6 Å². The highest BCUT2D eigenvalue weighted by atomic mass is 32.2. The highest BCUT2D eigenvalue weighted by Gasteiger charge is 2.32. The minimum atomic E-state index is -3.65. The summed E-state index contributed by atoms with van der Waals surface area (Å²) in [7, 11) is -3.65. The average Bonchev–Trinajstić information content (AvgIpc) is 3.51. The number of halogens is 1. The van der Waals surface area contributed by atoms with Crippen LogP contribution in [0.2, 0.25) is 0 Å². The van der Waals surface area contributed by atoms with Crippen LogP contribution in [0, 0.1) is 5.82 Å². The van der Waals surface area contributed by atoms with E-state index in [1.54, 1.807) is 42.5 Å². The van der Waals surface area contributed by atoms with Gasteiger partial charge in [-0.25, -0.2) is 12.8 Å². The summed E-state index contributed by atoms with van der Waals surface area (Å²) in [6.45, 7) is 2.33. The van der Waals surface area contributed by atoms with Gasteiger partial charge in [0.1, 0.15) is 17.6 Å². The number of nitrogens with zero attached hydrogens (tertiary/aromatic N) is 2. The Balaban J connectivity index is 1.57. The summed E-state index contributed by atoms with van der Waals surface area (Å²) in [5.74, 6) is -0.448. The number of hydrogen-bond acceptors (Lipinski definition) is 5. The molecule has 236 valence electrons. The van der Waals surface area contributed by atoms with Gasteiger partial charge in [0.2, 0.25) is 21.8 Å². The molecule has 8 nitrogen and oxygen atoms in total. The van der Waals surface area contributed by atoms with E-state index < -0.39 is 21.9 Å². The van der Waals surface area contributed by atoms with Crippen molar-refractivity contribution in [3.8, 4) is 5.75 Å². The van der Waals surface area contributed by atoms with Gasteiger partial charge in [-0.15, -0.1) is 0 Å². The molecule has 0 unspecified atom stereocenters. The molecule has 1 aliphatic carbocycles. The van der Waals surface area contributed by atoms with Crippen LogP contribution in [0.3, 0.4) is 0 Å². The maximum Gasteiger partial charge on any atom is 0.243 e. The molecule has 10 heteroatoms. The van der Waals surface area contributed by atoms with E-state index in [0.717, 1.165) is 37.5 Å². The predicted molar refractivity (Wildman–Crippen MR) is 170 cm³/mol. The highest BCUT2D eigenvalue weighted by Crippen LogP contribution is 2.24. The van der Waals surface area contributed by atoms with Crippen molar-refractivity contribution in [2.45, 2.75) is 70.5 Å². The van der Waals surface area contributed by atoms with E-state index >= 15 is 0 Å². The normalized spacial score (nSPS) is 14.2. The molecule has 0 bridgehead atoms. The summed E-state index contributed by atoms with van der Waals surface area (Å²) >= 11 is 0. The first-order valence-corrected chi connectivity index (χ1v) is 17.1. The van der Waals surface area contributed by atoms with Gasteiger partial charge in [-0.2, -0.15) is 0 Å². The van der Waals surface area contributed by atoms with Crippen LogP contribution in [0.1, 0.15) is 56.6 Å². The van der Waals surface area contributed by atoms with Gasteiger partial charge in [0.15, 0.2) is 0 Å². The molecule has 3 aromatic carbocycles. The monoisotopic (exact) mass is 623 g/mol. The van der Waals surface area contributed by atoms with Gasteiger partial charge >= 0.3 is 0 Å². The Hall–Kier alpha value is -3.92.